The lowest BCUT2D eigenvalue weighted by Gasteiger charge is -2.19. The lowest BCUT2D eigenvalue weighted by Crippen LogP contribution is -2.19. The van der Waals surface area contributed by atoms with Crippen LogP contribution < -0.4 is 20.1 Å². The first kappa shape index (κ1) is 21.6. The maximum Gasteiger partial charge on any atom is 0.416 e. The van der Waals surface area contributed by atoms with E-state index in [0.717, 1.165) is 6.07 Å². The minimum Gasteiger partial charge on any atom is -0.483 e. The first-order chi connectivity index (χ1) is 15.2. The van der Waals surface area contributed by atoms with Crippen LogP contribution in [0.15, 0.2) is 42.7 Å². The molecule has 0 saturated heterocycles. The molecule has 1 aliphatic rings. The van der Waals surface area contributed by atoms with Crippen LogP contribution in [0.1, 0.15) is 15.9 Å². The van der Waals surface area contributed by atoms with Gasteiger partial charge in [-0.1, -0.05) is 11.6 Å². The molecule has 0 atom stereocenters. The Labute approximate surface area is 183 Å². The van der Waals surface area contributed by atoms with Gasteiger partial charge in [-0.3, -0.25) is 4.79 Å². The van der Waals surface area contributed by atoms with Crippen molar-refractivity contribution in [2.75, 3.05) is 23.8 Å². The smallest absolute Gasteiger partial charge is 0.416 e. The number of nitrogens with one attached hydrogen (secondary N) is 2. The van der Waals surface area contributed by atoms with E-state index in [0.29, 0.717) is 31.1 Å². The number of carbonyl (C=O) groups is 1. The SMILES string of the molecule is O=C(Nc1cc(F)cc(C(F)(F)F)c1)c1ccc(Cl)c(Oc2ncnc3c2OCCN3)c1. The van der Waals surface area contributed by atoms with Gasteiger partial charge in [0.25, 0.3) is 11.8 Å². The zero-order valence-electron chi connectivity index (χ0n) is 16.0. The van der Waals surface area contributed by atoms with E-state index < -0.39 is 23.5 Å². The Balaban J connectivity index is 1.58. The highest BCUT2D eigenvalue weighted by atomic mass is 35.5. The van der Waals surface area contributed by atoms with Crippen molar-refractivity contribution in [2.45, 2.75) is 6.18 Å². The number of hydrogen-bond donors (Lipinski definition) is 2. The van der Waals surface area contributed by atoms with Crippen LogP contribution in [0.25, 0.3) is 0 Å². The fraction of sp³-hybridized carbons (Fsp3) is 0.150. The van der Waals surface area contributed by atoms with Gasteiger partial charge in [-0.15, -0.1) is 0 Å². The van der Waals surface area contributed by atoms with Gasteiger partial charge in [0.05, 0.1) is 17.1 Å². The molecule has 2 N–H and O–H groups in total. The van der Waals surface area contributed by atoms with Crippen molar-refractivity contribution < 1.29 is 31.8 Å². The fourth-order valence-electron chi connectivity index (χ4n) is 2.86. The van der Waals surface area contributed by atoms with Crippen LogP contribution in [0, 0.1) is 5.82 Å². The predicted octanol–water partition coefficient (Wildman–Crippen LogP) is 5.14. The summed E-state index contributed by atoms with van der Waals surface area (Å²) in [6, 6.07) is 5.71. The largest absolute Gasteiger partial charge is 0.483 e. The van der Waals surface area contributed by atoms with Gasteiger partial charge in [0.1, 0.15) is 24.5 Å². The summed E-state index contributed by atoms with van der Waals surface area (Å²) < 4.78 is 63.5. The molecule has 166 valence electrons. The Bertz CT molecular complexity index is 1190. The third-order valence-electron chi connectivity index (χ3n) is 4.30. The van der Waals surface area contributed by atoms with Crippen LogP contribution in [0.5, 0.6) is 17.4 Å². The van der Waals surface area contributed by atoms with E-state index >= 15 is 0 Å². The van der Waals surface area contributed by atoms with E-state index in [2.05, 4.69) is 20.6 Å². The highest BCUT2D eigenvalue weighted by molar-refractivity contribution is 6.32. The third-order valence-corrected chi connectivity index (χ3v) is 4.61. The molecule has 0 bridgehead atoms. The molecule has 0 spiro atoms. The maximum atomic E-state index is 13.6. The van der Waals surface area contributed by atoms with Crippen molar-refractivity contribution in [2.24, 2.45) is 0 Å². The molecule has 0 saturated carbocycles. The minimum absolute atomic E-state index is 0.00388. The number of anilines is 2. The summed E-state index contributed by atoms with van der Waals surface area (Å²) in [6.07, 6.45) is -3.51. The van der Waals surface area contributed by atoms with Gasteiger partial charge >= 0.3 is 6.18 Å². The fourth-order valence-corrected chi connectivity index (χ4v) is 3.02. The highest BCUT2D eigenvalue weighted by Crippen LogP contribution is 2.38. The molecule has 0 aliphatic carbocycles. The number of carbonyl (C=O) groups excluding carboxylic acids is 1. The summed E-state index contributed by atoms with van der Waals surface area (Å²) in [5.74, 6) is -1.14. The van der Waals surface area contributed by atoms with Crippen LogP contribution in [-0.2, 0) is 6.18 Å². The Kier molecular flexibility index (Phi) is 5.74. The van der Waals surface area contributed by atoms with E-state index in [9.17, 15) is 22.4 Å². The quantitative estimate of drug-likeness (QED) is 0.516. The van der Waals surface area contributed by atoms with Gasteiger partial charge in [0.15, 0.2) is 5.82 Å². The molecule has 32 heavy (non-hydrogen) atoms. The van der Waals surface area contributed by atoms with Crippen LogP contribution in [0.2, 0.25) is 5.02 Å². The number of alkyl halides is 3. The molecule has 4 rings (SSSR count). The Morgan fingerprint density at radius 3 is 2.78 bits per heavy atom. The number of rotatable bonds is 4. The molecule has 12 heteroatoms. The second-order valence-corrected chi connectivity index (χ2v) is 6.97. The lowest BCUT2D eigenvalue weighted by atomic mass is 10.1. The van der Waals surface area contributed by atoms with E-state index in [-0.39, 0.29) is 33.7 Å². The van der Waals surface area contributed by atoms with Gasteiger partial charge in [0, 0.05) is 11.3 Å². The van der Waals surface area contributed by atoms with Gasteiger partial charge in [-0.05, 0) is 36.4 Å². The van der Waals surface area contributed by atoms with Crippen molar-refractivity contribution in [3.8, 4) is 17.4 Å². The molecule has 7 nitrogen and oxygen atoms in total. The summed E-state index contributed by atoms with van der Waals surface area (Å²) in [5, 5.41) is 5.39. The van der Waals surface area contributed by atoms with Gasteiger partial charge in [-0.2, -0.15) is 18.2 Å². The van der Waals surface area contributed by atoms with Crippen molar-refractivity contribution in [3.05, 3.63) is 64.7 Å². The molecule has 1 aliphatic heterocycles. The minimum atomic E-state index is -4.77. The summed E-state index contributed by atoms with van der Waals surface area (Å²) in [7, 11) is 0. The lowest BCUT2D eigenvalue weighted by molar-refractivity contribution is -0.137. The normalized spacial score (nSPS) is 12.9. The molecule has 2 aromatic carbocycles. The van der Waals surface area contributed by atoms with Crippen LogP contribution >= 0.6 is 11.6 Å². The van der Waals surface area contributed by atoms with Gasteiger partial charge in [-0.25, -0.2) is 9.37 Å². The summed E-state index contributed by atoms with van der Waals surface area (Å²) in [6.45, 7) is 0.913. The number of amides is 1. The highest BCUT2D eigenvalue weighted by Gasteiger charge is 2.31. The van der Waals surface area contributed by atoms with Crippen LogP contribution in [0.4, 0.5) is 29.1 Å². The maximum absolute atomic E-state index is 13.6. The number of halogens is 5. The average Bonchev–Trinajstić information content (AvgIpc) is 2.74. The summed E-state index contributed by atoms with van der Waals surface area (Å²) >= 11 is 6.15. The zero-order valence-corrected chi connectivity index (χ0v) is 16.7. The number of nitrogens with zero attached hydrogens (tertiary/aromatic N) is 2. The first-order valence-electron chi connectivity index (χ1n) is 9.09. The first-order valence-corrected chi connectivity index (χ1v) is 9.47. The Morgan fingerprint density at radius 2 is 2.00 bits per heavy atom. The number of benzene rings is 2. The number of aromatic nitrogens is 2. The van der Waals surface area contributed by atoms with Crippen LogP contribution in [-0.4, -0.2) is 29.0 Å². The van der Waals surface area contributed by atoms with Crippen LogP contribution in [0.3, 0.4) is 0 Å². The zero-order chi connectivity index (χ0) is 22.9. The molecular formula is C20H13ClF4N4O3. The molecule has 0 radical (unpaired) electrons. The van der Waals surface area contributed by atoms with E-state index in [4.69, 9.17) is 21.1 Å². The molecule has 0 fully saturated rings. The predicted molar refractivity (Wildman–Crippen MR) is 107 cm³/mol. The number of fused-ring (bicyclic) bond motifs is 1. The van der Waals surface area contributed by atoms with Crippen molar-refractivity contribution in [3.63, 3.8) is 0 Å². The molecule has 1 amide bonds. The topological polar surface area (TPSA) is 85.4 Å². The number of hydrogen-bond acceptors (Lipinski definition) is 6. The number of ether oxygens (including phenoxy) is 2. The van der Waals surface area contributed by atoms with Crippen molar-refractivity contribution >= 4 is 29.0 Å². The molecule has 0 unspecified atom stereocenters. The van der Waals surface area contributed by atoms with Gasteiger partial charge < -0.3 is 20.1 Å². The van der Waals surface area contributed by atoms with Gasteiger partial charge in [0.2, 0.25) is 5.75 Å². The second-order valence-electron chi connectivity index (χ2n) is 6.56. The molecule has 2 heterocycles. The standard InChI is InChI=1S/C20H13ClF4N4O3/c21-14-2-1-10(18(30)29-13-7-11(20(23,24)25)6-12(22)8-13)5-15(14)32-19-16-17(27-9-28-19)26-3-4-31-16/h1-2,5-9H,3-4H2,(H,29,30)(H,26,27,28). The molecule has 1 aromatic heterocycles. The molecular weight excluding hydrogens is 456 g/mol. The molecule has 3 aromatic rings. The Hall–Kier alpha value is -3.60. The second kappa shape index (κ2) is 8.50. The third kappa shape index (κ3) is 4.67. The van der Waals surface area contributed by atoms with Crippen molar-refractivity contribution in [1.29, 1.82) is 0 Å². The van der Waals surface area contributed by atoms with Crippen molar-refractivity contribution in [1.82, 2.24) is 9.97 Å². The van der Waals surface area contributed by atoms with E-state index in [1.54, 1.807) is 0 Å². The monoisotopic (exact) mass is 468 g/mol. The Morgan fingerprint density at radius 1 is 1.19 bits per heavy atom. The summed E-state index contributed by atoms with van der Waals surface area (Å²) in [4.78, 5) is 20.6. The summed E-state index contributed by atoms with van der Waals surface area (Å²) in [5.41, 5.74) is -1.58. The van der Waals surface area contributed by atoms with E-state index in [1.165, 1.54) is 24.5 Å². The van der Waals surface area contributed by atoms with E-state index in [1.807, 2.05) is 0 Å². The average molecular weight is 469 g/mol.